The third-order valence-corrected chi connectivity index (χ3v) is 12.1. The molecular formula is C50H37N3. The minimum absolute atomic E-state index is 0.0898. The molecule has 0 amide bonds. The van der Waals surface area contributed by atoms with Gasteiger partial charge in [0.05, 0.1) is 22.2 Å². The third-order valence-electron chi connectivity index (χ3n) is 12.1. The van der Waals surface area contributed by atoms with Crippen LogP contribution in [0, 0.1) is 5.92 Å². The summed E-state index contributed by atoms with van der Waals surface area (Å²) < 4.78 is 2.36. The summed E-state index contributed by atoms with van der Waals surface area (Å²) in [4.78, 5) is 10.9. The lowest BCUT2D eigenvalue weighted by molar-refractivity contribution is 0.604. The second-order valence-corrected chi connectivity index (χ2v) is 15.4. The number of allylic oxidation sites excluding steroid dienone is 4. The molecule has 11 rings (SSSR count). The van der Waals surface area contributed by atoms with Gasteiger partial charge in [-0.25, -0.2) is 9.97 Å². The first kappa shape index (κ1) is 30.3. The van der Waals surface area contributed by atoms with E-state index in [0.29, 0.717) is 5.95 Å². The maximum absolute atomic E-state index is 5.53. The Bertz CT molecular complexity index is 3070. The molecule has 2 aromatic heterocycles. The first-order valence-electron chi connectivity index (χ1n) is 18.7. The SMILES string of the molecule is CC1C=C2C(=CC1c1c3ccccc3cc3c4ccccc4n(-c4nc(-c5ccc6ccccc6c5)c5ccccc5n4)c13)C(C)(C)c1ccccc12. The topological polar surface area (TPSA) is 30.7 Å². The van der Waals surface area contributed by atoms with Crippen LogP contribution >= 0.6 is 0 Å². The zero-order valence-electron chi connectivity index (χ0n) is 30.0. The maximum Gasteiger partial charge on any atom is 0.235 e. The van der Waals surface area contributed by atoms with Crippen LogP contribution in [0.3, 0.4) is 0 Å². The molecule has 53 heavy (non-hydrogen) atoms. The largest absolute Gasteiger partial charge is 0.278 e. The molecule has 2 aliphatic carbocycles. The molecule has 0 saturated heterocycles. The summed E-state index contributed by atoms with van der Waals surface area (Å²) >= 11 is 0. The van der Waals surface area contributed by atoms with Crippen LogP contribution in [-0.2, 0) is 5.41 Å². The van der Waals surface area contributed by atoms with Gasteiger partial charge >= 0.3 is 0 Å². The summed E-state index contributed by atoms with van der Waals surface area (Å²) in [5.41, 5.74) is 12.1. The van der Waals surface area contributed by atoms with E-state index in [9.17, 15) is 0 Å². The highest BCUT2D eigenvalue weighted by Gasteiger charge is 2.41. The van der Waals surface area contributed by atoms with Crippen molar-refractivity contribution < 1.29 is 0 Å². The molecule has 2 atom stereocenters. The molecule has 0 radical (unpaired) electrons. The highest BCUT2D eigenvalue weighted by Crippen LogP contribution is 2.55. The van der Waals surface area contributed by atoms with E-state index in [-0.39, 0.29) is 17.3 Å². The lowest BCUT2D eigenvalue weighted by Gasteiger charge is -2.31. The van der Waals surface area contributed by atoms with Gasteiger partial charge in [0.2, 0.25) is 5.95 Å². The average Bonchev–Trinajstić information content (AvgIpc) is 3.64. The number of rotatable bonds is 3. The standard InChI is InChI=1S/C50H37N3/c1-30-26-40-36-18-8-11-21-42(36)50(2,3)43(40)29-39(30)46-35-17-7-6-16-33(35)28-41-37-19-10-13-23-45(37)53(48(41)46)49-51-44-22-12-9-20-38(44)47(52-49)34-25-24-31-14-4-5-15-32(31)27-34/h4-30,39H,1-3H3. The Balaban J connectivity index is 1.24. The fourth-order valence-electron chi connectivity index (χ4n) is 9.51. The number of aromatic nitrogens is 3. The van der Waals surface area contributed by atoms with Crippen molar-refractivity contribution >= 4 is 59.8 Å². The Morgan fingerprint density at radius 1 is 0.585 bits per heavy atom. The molecule has 0 N–H and O–H groups in total. The highest BCUT2D eigenvalue weighted by atomic mass is 15.2. The molecule has 0 aliphatic heterocycles. The lowest BCUT2D eigenvalue weighted by atomic mass is 9.73. The van der Waals surface area contributed by atoms with Crippen molar-refractivity contribution in [1.82, 2.24) is 14.5 Å². The van der Waals surface area contributed by atoms with Crippen molar-refractivity contribution in [3.8, 4) is 17.2 Å². The Labute approximate surface area is 308 Å². The van der Waals surface area contributed by atoms with Gasteiger partial charge in [0.15, 0.2) is 0 Å². The minimum atomic E-state index is -0.0898. The number of fused-ring (bicyclic) bond motifs is 9. The normalized spacial score (nSPS) is 17.7. The van der Waals surface area contributed by atoms with Crippen LogP contribution in [0.15, 0.2) is 163 Å². The van der Waals surface area contributed by atoms with Gasteiger partial charge in [0.25, 0.3) is 0 Å². The predicted octanol–water partition coefficient (Wildman–Crippen LogP) is 12.7. The number of hydrogen-bond donors (Lipinski definition) is 0. The summed E-state index contributed by atoms with van der Waals surface area (Å²) in [6.45, 7) is 7.17. The molecule has 0 spiro atoms. The number of hydrogen-bond acceptors (Lipinski definition) is 2. The van der Waals surface area contributed by atoms with Crippen LogP contribution in [0.5, 0.6) is 0 Å². The van der Waals surface area contributed by atoms with Gasteiger partial charge in [-0.05, 0) is 79.6 Å². The number of para-hydroxylation sites is 2. The van der Waals surface area contributed by atoms with Crippen molar-refractivity contribution in [2.24, 2.45) is 5.92 Å². The van der Waals surface area contributed by atoms with Crippen LogP contribution < -0.4 is 0 Å². The van der Waals surface area contributed by atoms with Crippen LogP contribution in [0.2, 0.25) is 0 Å². The summed E-state index contributed by atoms with van der Waals surface area (Å²) in [6.07, 6.45) is 5.14. The molecule has 2 unspecified atom stereocenters. The Hall–Kier alpha value is -6.32. The molecule has 3 heteroatoms. The Kier molecular flexibility index (Phi) is 6.34. The van der Waals surface area contributed by atoms with Gasteiger partial charge < -0.3 is 0 Å². The number of benzene rings is 7. The Morgan fingerprint density at radius 2 is 1.28 bits per heavy atom. The summed E-state index contributed by atoms with van der Waals surface area (Å²) in [7, 11) is 0. The van der Waals surface area contributed by atoms with Gasteiger partial charge in [-0.2, -0.15) is 0 Å². The van der Waals surface area contributed by atoms with Gasteiger partial charge in [0.1, 0.15) is 0 Å². The van der Waals surface area contributed by atoms with E-state index in [2.05, 4.69) is 183 Å². The molecule has 7 aromatic carbocycles. The maximum atomic E-state index is 5.53. The van der Waals surface area contributed by atoms with Crippen molar-refractivity contribution in [3.05, 3.63) is 180 Å². The molecule has 0 saturated carbocycles. The van der Waals surface area contributed by atoms with Crippen LogP contribution in [0.25, 0.3) is 77.0 Å². The minimum Gasteiger partial charge on any atom is -0.278 e. The summed E-state index contributed by atoms with van der Waals surface area (Å²) in [5, 5.41) is 8.43. The first-order valence-corrected chi connectivity index (χ1v) is 18.7. The highest BCUT2D eigenvalue weighted by molar-refractivity contribution is 6.16. The van der Waals surface area contributed by atoms with Gasteiger partial charge in [0, 0.05) is 33.1 Å². The molecular weight excluding hydrogens is 643 g/mol. The van der Waals surface area contributed by atoms with E-state index < -0.39 is 0 Å². The monoisotopic (exact) mass is 679 g/mol. The fourth-order valence-corrected chi connectivity index (χ4v) is 9.51. The average molecular weight is 680 g/mol. The summed E-state index contributed by atoms with van der Waals surface area (Å²) in [6, 6.07) is 52.7. The zero-order valence-corrected chi connectivity index (χ0v) is 30.0. The van der Waals surface area contributed by atoms with E-state index in [4.69, 9.17) is 9.97 Å². The quantitative estimate of drug-likeness (QED) is 0.186. The zero-order chi connectivity index (χ0) is 35.4. The van der Waals surface area contributed by atoms with E-state index >= 15 is 0 Å². The number of nitrogens with zero attached hydrogens (tertiary/aromatic N) is 3. The second-order valence-electron chi connectivity index (χ2n) is 15.4. The third kappa shape index (κ3) is 4.34. The van der Waals surface area contributed by atoms with Crippen molar-refractivity contribution in [1.29, 1.82) is 0 Å². The predicted molar refractivity (Wildman–Crippen MR) is 222 cm³/mol. The molecule has 252 valence electrons. The van der Waals surface area contributed by atoms with E-state index in [0.717, 1.165) is 27.7 Å². The molecule has 9 aromatic rings. The smallest absolute Gasteiger partial charge is 0.235 e. The van der Waals surface area contributed by atoms with Gasteiger partial charge in [-0.1, -0.05) is 154 Å². The first-order chi connectivity index (χ1) is 26.0. The van der Waals surface area contributed by atoms with Crippen molar-refractivity contribution in [3.63, 3.8) is 0 Å². The molecule has 3 nitrogen and oxygen atoms in total. The fraction of sp³-hybridized carbons (Fsp3) is 0.120. The second kappa shape index (κ2) is 11.1. The van der Waals surface area contributed by atoms with Crippen LogP contribution in [0.4, 0.5) is 0 Å². The van der Waals surface area contributed by atoms with Crippen LogP contribution in [0.1, 0.15) is 43.4 Å². The van der Waals surface area contributed by atoms with E-state index in [1.807, 2.05) is 0 Å². The summed E-state index contributed by atoms with van der Waals surface area (Å²) in [5.74, 6) is 1.09. The lowest BCUT2D eigenvalue weighted by Crippen LogP contribution is -2.20. The van der Waals surface area contributed by atoms with E-state index in [1.165, 1.54) is 65.7 Å². The van der Waals surface area contributed by atoms with Crippen LogP contribution in [-0.4, -0.2) is 14.5 Å². The molecule has 0 bridgehead atoms. The molecule has 0 fully saturated rings. The van der Waals surface area contributed by atoms with E-state index in [1.54, 1.807) is 0 Å². The Morgan fingerprint density at radius 3 is 2.15 bits per heavy atom. The molecule has 2 heterocycles. The van der Waals surface area contributed by atoms with Crippen molar-refractivity contribution in [2.75, 3.05) is 0 Å². The van der Waals surface area contributed by atoms with Crippen molar-refractivity contribution in [2.45, 2.75) is 32.1 Å². The van der Waals surface area contributed by atoms with Gasteiger partial charge in [-0.3, -0.25) is 4.57 Å². The molecule has 2 aliphatic rings. The van der Waals surface area contributed by atoms with Gasteiger partial charge in [-0.15, -0.1) is 0 Å².